The molecule has 1 amide bonds. The van der Waals surface area contributed by atoms with Gasteiger partial charge in [-0.2, -0.15) is 0 Å². The number of amides is 1. The number of halogens is 1. The SMILES string of the molecule is Cc1c(CC(=O)Nc2nc3ccc(F)cc3s2)ncn(C)c1=O. The minimum atomic E-state index is -0.348. The van der Waals surface area contributed by atoms with Crippen LogP contribution in [0.4, 0.5) is 9.52 Å². The lowest BCUT2D eigenvalue weighted by molar-refractivity contribution is -0.115. The number of nitrogens with zero attached hydrogens (tertiary/aromatic N) is 3. The van der Waals surface area contributed by atoms with Gasteiger partial charge in [-0.1, -0.05) is 11.3 Å². The van der Waals surface area contributed by atoms with E-state index in [2.05, 4.69) is 15.3 Å². The number of carbonyl (C=O) groups is 1. The van der Waals surface area contributed by atoms with Gasteiger partial charge in [0.05, 0.1) is 28.7 Å². The number of hydrogen-bond donors (Lipinski definition) is 1. The van der Waals surface area contributed by atoms with E-state index in [4.69, 9.17) is 0 Å². The lowest BCUT2D eigenvalue weighted by Gasteiger charge is -2.05. The fourth-order valence-corrected chi connectivity index (χ4v) is 3.05. The summed E-state index contributed by atoms with van der Waals surface area (Å²) in [5, 5.41) is 3.04. The number of hydrogen-bond acceptors (Lipinski definition) is 5. The van der Waals surface area contributed by atoms with Crippen LogP contribution in [0.25, 0.3) is 10.2 Å². The molecular formula is C15H13FN4O2S. The van der Waals surface area contributed by atoms with E-state index in [0.717, 1.165) is 0 Å². The van der Waals surface area contributed by atoms with Crippen LogP contribution in [0.3, 0.4) is 0 Å². The maximum absolute atomic E-state index is 13.2. The van der Waals surface area contributed by atoms with E-state index in [0.29, 0.717) is 26.6 Å². The second kappa shape index (κ2) is 5.88. The molecule has 0 saturated heterocycles. The summed E-state index contributed by atoms with van der Waals surface area (Å²) in [6, 6.07) is 4.25. The number of benzene rings is 1. The molecular weight excluding hydrogens is 319 g/mol. The van der Waals surface area contributed by atoms with E-state index in [1.807, 2.05) is 0 Å². The third-order valence-electron chi connectivity index (χ3n) is 3.39. The number of anilines is 1. The van der Waals surface area contributed by atoms with Crippen LogP contribution in [0.15, 0.2) is 29.3 Å². The van der Waals surface area contributed by atoms with Crippen molar-refractivity contribution in [2.45, 2.75) is 13.3 Å². The molecule has 0 spiro atoms. The van der Waals surface area contributed by atoms with Crippen LogP contribution in [0.1, 0.15) is 11.3 Å². The Morgan fingerprint density at radius 1 is 1.43 bits per heavy atom. The van der Waals surface area contributed by atoms with E-state index < -0.39 is 0 Å². The molecule has 2 aromatic heterocycles. The average molecular weight is 332 g/mol. The first-order chi connectivity index (χ1) is 10.9. The van der Waals surface area contributed by atoms with Gasteiger partial charge in [-0.3, -0.25) is 9.59 Å². The molecule has 23 heavy (non-hydrogen) atoms. The number of rotatable bonds is 3. The van der Waals surface area contributed by atoms with Crippen molar-refractivity contribution in [3.63, 3.8) is 0 Å². The fourth-order valence-electron chi connectivity index (χ4n) is 2.14. The Bertz CT molecular complexity index is 964. The summed E-state index contributed by atoms with van der Waals surface area (Å²) >= 11 is 1.19. The first kappa shape index (κ1) is 15.3. The van der Waals surface area contributed by atoms with Crippen LogP contribution < -0.4 is 10.9 Å². The summed E-state index contributed by atoms with van der Waals surface area (Å²) in [4.78, 5) is 32.3. The molecule has 0 bridgehead atoms. The van der Waals surface area contributed by atoms with Crippen LogP contribution in [-0.4, -0.2) is 20.4 Å². The quantitative estimate of drug-likeness (QED) is 0.796. The summed E-state index contributed by atoms with van der Waals surface area (Å²) in [6.45, 7) is 1.64. The number of carbonyl (C=O) groups excluding carboxylic acids is 1. The van der Waals surface area contributed by atoms with Crippen LogP contribution in [0.5, 0.6) is 0 Å². The molecule has 0 aliphatic carbocycles. The van der Waals surface area contributed by atoms with Gasteiger partial charge >= 0.3 is 0 Å². The lowest BCUT2D eigenvalue weighted by Crippen LogP contribution is -2.24. The smallest absolute Gasteiger partial charge is 0.256 e. The lowest BCUT2D eigenvalue weighted by atomic mass is 10.2. The summed E-state index contributed by atoms with van der Waals surface area (Å²) in [6.07, 6.45) is 1.37. The Kier molecular flexibility index (Phi) is 3.91. The van der Waals surface area contributed by atoms with Crippen molar-refractivity contribution in [1.82, 2.24) is 14.5 Å². The number of nitrogens with one attached hydrogen (secondary N) is 1. The maximum Gasteiger partial charge on any atom is 0.256 e. The first-order valence-corrected chi connectivity index (χ1v) is 7.63. The van der Waals surface area contributed by atoms with Crippen molar-refractivity contribution < 1.29 is 9.18 Å². The fraction of sp³-hybridized carbons (Fsp3) is 0.200. The molecule has 0 radical (unpaired) electrons. The van der Waals surface area contributed by atoms with Gasteiger partial charge in [-0.25, -0.2) is 14.4 Å². The monoisotopic (exact) mass is 332 g/mol. The molecule has 1 aromatic carbocycles. The van der Waals surface area contributed by atoms with Crippen molar-refractivity contribution in [3.8, 4) is 0 Å². The number of aryl methyl sites for hydroxylation is 1. The number of aromatic nitrogens is 3. The van der Waals surface area contributed by atoms with Crippen LogP contribution >= 0.6 is 11.3 Å². The van der Waals surface area contributed by atoms with E-state index in [1.54, 1.807) is 20.0 Å². The van der Waals surface area contributed by atoms with Crippen molar-refractivity contribution in [1.29, 1.82) is 0 Å². The zero-order valence-electron chi connectivity index (χ0n) is 12.5. The predicted molar refractivity (Wildman–Crippen MR) is 86.1 cm³/mol. The van der Waals surface area contributed by atoms with Gasteiger partial charge in [0.25, 0.3) is 5.56 Å². The number of thiazole rings is 1. The van der Waals surface area contributed by atoms with Crippen LogP contribution in [-0.2, 0) is 18.3 Å². The molecule has 0 aliphatic rings. The standard InChI is InChI=1S/C15H13FN4O2S/c1-8-11(17-7-20(2)14(8)22)6-13(21)19-15-18-10-4-3-9(16)5-12(10)23-15/h3-5,7H,6H2,1-2H3,(H,18,19,21). The van der Waals surface area contributed by atoms with Gasteiger partial charge in [-0.05, 0) is 25.1 Å². The van der Waals surface area contributed by atoms with Crippen molar-refractivity contribution in [2.75, 3.05) is 5.32 Å². The van der Waals surface area contributed by atoms with Gasteiger partial charge in [-0.15, -0.1) is 0 Å². The van der Waals surface area contributed by atoms with Gasteiger partial charge in [0.15, 0.2) is 5.13 Å². The minimum absolute atomic E-state index is 0.0216. The van der Waals surface area contributed by atoms with Crippen LogP contribution in [0.2, 0.25) is 0 Å². The Morgan fingerprint density at radius 3 is 3.00 bits per heavy atom. The van der Waals surface area contributed by atoms with Gasteiger partial charge in [0, 0.05) is 12.6 Å². The largest absolute Gasteiger partial charge is 0.302 e. The average Bonchev–Trinajstić information content (AvgIpc) is 2.89. The zero-order valence-corrected chi connectivity index (χ0v) is 13.3. The Balaban J connectivity index is 1.78. The molecule has 0 saturated carbocycles. The Hall–Kier alpha value is -2.61. The highest BCUT2D eigenvalue weighted by molar-refractivity contribution is 7.22. The third-order valence-corrected chi connectivity index (χ3v) is 4.32. The summed E-state index contributed by atoms with van der Waals surface area (Å²) in [7, 11) is 1.60. The highest BCUT2D eigenvalue weighted by Crippen LogP contribution is 2.26. The zero-order chi connectivity index (χ0) is 16.6. The van der Waals surface area contributed by atoms with E-state index >= 15 is 0 Å². The molecule has 0 unspecified atom stereocenters. The van der Waals surface area contributed by atoms with Crippen molar-refractivity contribution >= 4 is 32.6 Å². The van der Waals surface area contributed by atoms with Gasteiger partial charge in [0.1, 0.15) is 5.82 Å². The molecule has 3 aromatic rings. The van der Waals surface area contributed by atoms with E-state index in [9.17, 15) is 14.0 Å². The molecule has 3 rings (SSSR count). The van der Waals surface area contributed by atoms with E-state index in [-0.39, 0.29) is 23.7 Å². The summed E-state index contributed by atoms with van der Waals surface area (Å²) < 4.78 is 15.2. The summed E-state index contributed by atoms with van der Waals surface area (Å²) in [5.41, 5.74) is 1.31. The third kappa shape index (κ3) is 3.11. The van der Waals surface area contributed by atoms with E-state index in [1.165, 1.54) is 34.4 Å². The van der Waals surface area contributed by atoms with Gasteiger partial charge in [0.2, 0.25) is 5.91 Å². The molecule has 8 heteroatoms. The molecule has 6 nitrogen and oxygen atoms in total. The van der Waals surface area contributed by atoms with Crippen LogP contribution in [0, 0.1) is 12.7 Å². The van der Waals surface area contributed by atoms with Crippen molar-refractivity contribution in [2.24, 2.45) is 7.05 Å². The molecule has 2 heterocycles. The Morgan fingerprint density at radius 2 is 2.22 bits per heavy atom. The minimum Gasteiger partial charge on any atom is -0.302 e. The topological polar surface area (TPSA) is 76.9 Å². The van der Waals surface area contributed by atoms with Crippen molar-refractivity contribution in [3.05, 3.63) is 52.0 Å². The molecule has 118 valence electrons. The highest BCUT2D eigenvalue weighted by atomic mass is 32.1. The highest BCUT2D eigenvalue weighted by Gasteiger charge is 2.13. The normalized spacial score (nSPS) is 10.9. The number of fused-ring (bicyclic) bond motifs is 1. The maximum atomic E-state index is 13.2. The summed E-state index contributed by atoms with van der Waals surface area (Å²) in [5.74, 6) is -0.674. The first-order valence-electron chi connectivity index (χ1n) is 6.81. The molecule has 1 N–H and O–H groups in total. The Labute approximate surface area is 134 Å². The second-order valence-corrected chi connectivity index (χ2v) is 6.12. The molecule has 0 fully saturated rings. The molecule has 0 aliphatic heterocycles. The molecule has 0 atom stereocenters. The second-order valence-electron chi connectivity index (χ2n) is 5.09. The predicted octanol–water partition coefficient (Wildman–Crippen LogP) is 2.02. The van der Waals surface area contributed by atoms with Gasteiger partial charge < -0.3 is 9.88 Å².